The number of nitrogens with zero attached hydrogens (tertiary/aromatic N) is 2. The minimum atomic E-state index is 0.788. The summed E-state index contributed by atoms with van der Waals surface area (Å²) in [5, 5.41) is 0. The van der Waals surface area contributed by atoms with Crippen LogP contribution < -0.4 is 0 Å². The van der Waals surface area contributed by atoms with Gasteiger partial charge in [0.25, 0.3) is 0 Å². The van der Waals surface area contributed by atoms with Gasteiger partial charge >= 0.3 is 0 Å². The van der Waals surface area contributed by atoms with E-state index in [1.54, 1.807) is 0 Å². The third-order valence-corrected chi connectivity index (χ3v) is 2.75. The minimum absolute atomic E-state index is 0.788. The maximum absolute atomic E-state index is 4.26. The van der Waals surface area contributed by atoms with Gasteiger partial charge in [-0.05, 0) is 49.5 Å². The highest BCUT2D eigenvalue weighted by molar-refractivity contribution is 5.86. The molecule has 0 saturated heterocycles. The van der Waals surface area contributed by atoms with E-state index in [0.717, 1.165) is 29.7 Å². The SMILES string of the molecule is C=C(C)/C(C=NCC)=C\C=C(/C)C1=CCC=CN=C1. The van der Waals surface area contributed by atoms with Crippen LogP contribution in [0.1, 0.15) is 27.2 Å². The van der Waals surface area contributed by atoms with E-state index in [1.165, 1.54) is 5.57 Å². The van der Waals surface area contributed by atoms with E-state index >= 15 is 0 Å². The summed E-state index contributed by atoms with van der Waals surface area (Å²) in [4.78, 5) is 8.47. The minimum Gasteiger partial charge on any atom is -0.293 e. The molecule has 100 valence electrons. The van der Waals surface area contributed by atoms with Gasteiger partial charge in [0, 0.05) is 25.2 Å². The van der Waals surface area contributed by atoms with E-state index in [1.807, 2.05) is 38.6 Å². The summed E-state index contributed by atoms with van der Waals surface area (Å²) in [6, 6.07) is 0. The number of rotatable bonds is 5. The first-order chi connectivity index (χ1) is 9.15. The Labute approximate surface area is 116 Å². The Balaban J connectivity index is 2.90. The molecule has 1 aliphatic heterocycles. The first kappa shape index (κ1) is 15.1. The van der Waals surface area contributed by atoms with Gasteiger partial charge in [0.15, 0.2) is 0 Å². The summed E-state index contributed by atoms with van der Waals surface area (Å²) in [5.41, 5.74) is 4.43. The Hall–Kier alpha value is -1.96. The molecule has 0 radical (unpaired) electrons. The average Bonchev–Trinajstić information content (AvgIpc) is 2.67. The van der Waals surface area contributed by atoms with Gasteiger partial charge < -0.3 is 0 Å². The maximum Gasteiger partial charge on any atom is 0.0361 e. The average molecular weight is 254 g/mol. The largest absolute Gasteiger partial charge is 0.293 e. The van der Waals surface area contributed by atoms with E-state index in [0.29, 0.717) is 0 Å². The zero-order chi connectivity index (χ0) is 14.1. The molecule has 0 spiro atoms. The van der Waals surface area contributed by atoms with Gasteiger partial charge in [-0.3, -0.25) is 9.98 Å². The van der Waals surface area contributed by atoms with Crippen molar-refractivity contribution in [1.29, 1.82) is 0 Å². The van der Waals surface area contributed by atoms with Crippen LogP contribution in [-0.2, 0) is 0 Å². The molecule has 0 fully saturated rings. The van der Waals surface area contributed by atoms with Crippen molar-refractivity contribution < 1.29 is 0 Å². The molecule has 0 aromatic rings. The van der Waals surface area contributed by atoms with Crippen molar-refractivity contribution in [3.63, 3.8) is 0 Å². The zero-order valence-corrected chi connectivity index (χ0v) is 12.1. The summed E-state index contributed by atoms with van der Waals surface area (Å²) in [6.07, 6.45) is 14.9. The molecule has 1 heterocycles. The fourth-order valence-corrected chi connectivity index (χ4v) is 1.55. The summed E-state index contributed by atoms with van der Waals surface area (Å²) in [6.45, 7) is 10.9. The summed E-state index contributed by atoms with van der Waals surface area (Å²) < 4.78 is 0. The van der Waals surface area contributed by atoms with Crippen molar-refractivity contribution >= 4 is 12.4 Å². The third-order valence-electron chi connectivity index (χ3n) is 2.75. The second-order valence-electron chi connectivity index (χ2n) is 4.44. The summed E-state index contributed by atoms with van der Waals surface area (Å²) in [7, 11) is 0. The Morgan fingerprint density at radius 1 is 1.42 bits per heavy atom. The van der Waals surface area contributed by atoms with Crippen LogP contribution in [0.2, 0.25) is 0 Å². The Kier molecular flexibility index (Phi) is 6.51. The molecule has 0 aromatic heterocycles. The van der Waals surface area contributed by atoms with Crippen LogP contribution in [0.5, 0.6) is 0 Å². The Morgan fingerprint density at radius 2 is 2.21 bits per heavy atom. The lowest BCUT2D eigenvalue weighted by Crippen LogP contribution is -1.89. The summed E-state index contributed by atoms with van der Waals surface area (Å²) >= 11 is 0. The number of allylic oxidation sites excluding steroid dienone is 8. The highest BCUT2D eigenvalue weighted by Gasteiger charge is 1.98. The molecular formula is C17H22N2. The van der Waals surface area contributed by atoms with E-state index in [-0.39, 0.29) is 0 Å². The number of hydrogen-bond donors (Lipinski definition) is 0. The van der Waals surface area contributed by atoms with E-state index < -0.39 is 0 Å². The number of aliphatic imine (C=N–C) groups is 2. The Morgan fingerprint density at radius 3 is 2.89 bits per heavy atom. The van der Waals surface area contributed by atoms with Crippen molar-refractivity contribution in [2.75, 3.05) is 6.54 Å². The van der Waals surface area contributed by atoms with Crippen molar-refractivity contribution in [2.24, 2.45) is 9.98 Å². The first-order valence-electron chi connectivity index (χ1n) is 6.58. The van der Waals surface area contributed by atoms with E-state index in [4.69, 9.17) is 0 Å². The molecule has 19 heavy (non-hydrogen) atoms. The molecule has 2 heteroatoms. The molecule has 0 bridgehead atoms. The molecule has 1 rings (SSSR count). The standard InChI is InChI=1S/C17H22N2/c1-5-18-12-16(14(2)3)10-9-15(4)17-8-6-7-11-19-13-17/h7-13H,2,5-6H2,1,3-4H3/b15-9+,16-10-,18-12?. The number of hydrogen-bond acceptors (Lipinski definition) is 2. The van der Waals surface area contributed by atoms with Gasteiger partial charge in [0.2, 0.25) is 0 Å². The molecule has 0 aromatic carbocycles. The van der Waals surface area contributed by atoms with Crippen molar-refractivity contribution in [2.45, 2.75) is 27.2 Å². The second kappa shape index (κ2) is 8.20. The smallest absolute Gasteiger partial charge is 0.0361 e. The molecule has 0 saturated carbocycles. The molecular weight excluding hydrogens is 232 g/mol. The van der Waals surface area contributed by atoms with Crippen LogP contribution in [-0.4, -0.2) is 19.0 Å². The van der Waals surface area contributed by atoms with E-state index in [2.05, 4.69) is 41.7 Å². The lowest BCUT2D eigenvalue weighted by molar-refractivity contribution is 1.14. The molecule has 0 unspecified atom stereocenters. The molecule has 1 aliphatic rings. The van der Waals surface area contributed by atoms with Crippen molar-refractivity contribution in [3.8, 4) is 0 Å². The first-order valence-corrected chi connectivity index (χ1v) is 6.58. The lowest BCUT2D eigenvalue weighted by atomic mass is 10.0. The van der Waals surface area contributed by atoms with Gasteiger partial charge in [-0.2, -0.15) is 0 Å². The Bertz CT molecular complexity index is 497. The monoisotopic (exact) mass is 254 g/mol. The fourth-order valence-electron chi connectivity index (χ4n) is 1.55. The van der Waals surface area contributed by atoms with Gasteiger partial charge in [-0.15, -0.1) is 0 Å². The predicted molar refractivity (Wildman–Crippen MR) is 86.0 cm³/mol. The van der Waals surface area contributed by atoms with Crippen molar-refractivity contribution in [3.05, 3.63) is 59.4 Å². The molecule has 0 aliphatic carbocycles. The van der Waals surface area contributed by atoms with Gasteiger partial charge in [-0.25, -0.2) is 0 Å². The third kappa shape index (κ3) is 5.47. The molecule has 0 N–H and O–H groups in total. The second-order valence-corrected chi connectivity index (χ2v) is 4.44. The zero-order valence-electron chi connectivity index (χ0n) is 12.1. The molecule has 0 atom stereocenters. The topological polar surface area (TPSA) is 24.7 Å². The normalized spacial score (nSPS) is 16.7. The predicted octanol–water partition coefficient (Wildman–Crippen LogP) is 4.44. The highest BCUT2D eigenvalue weighted by atomic mass is 14.7. The van der Waals surface area contributed by atoms with Crippen LogP contribution in [0, 0.1) is 0 Å². The summed E-state index contributed by atoms with van der Waals surface area (Å²) in [5.74, 6) is 0. The van der Waals surface area contributed by atoms with E-state index in [9.17, 15) is 0 Å². The van der Waals surface area contributed by atoms with Crippen LogP contribution in [0.4, 0.5) is 0 Å². The highest BCUT2D eigenvalue weighted by Crippen LogP contribution is 2.13. The van der Waals surface area contributed by atoms with Gasteiger partial charge in [0.1, 0.15) is 0 Å². The lowest BCUT2D eigenvalue weighted by Gasteiger charge is -2.01. The van der Waals surface area contributed by atoms with Crippen molar-refractivity contribution in [1.82, 2.24) is 0 Å². The molecule has 2 nitrogen and oxygen atoms in total. The molecule has 0 amide bonds. The fraction of sp³-hybridized carbons (Fsp3) is 0.294. The van der Waals surface area contributed by atoms with Gasteiger partial charge in [0.05, 0.1) is 0 Å². The maximum atomic E-state index is 4.26. The van der Waals surface area contributed by atoms with Crippen LogP contribution in [0.15, 0.2) is 69.4 Å². The van der Waals surface area contributed by atoms with Crippen LogP contribution in [0.3, 0.4) is 0 Å². The quantitative estimate of drug-likeness (QED) is 0.512. The van der Waals surface area contributed by atoms with Crippen LogP contribution >= 0.6 is 0 Å². The van der Waals surface area contributed by atoms with Gasteiger partial charge in [-0.1, -0.05) is 30.9 Å². The van der Waals surface area contributed by atoms with Crippen LogP contribution in [0.25, 0.3) is 0 Å².